The zero-order valence-electron chi connectivity index (χ0n) is 12.5. The van der Waals surface area contributed by atoms with Gasteiger partial charge in [-0.1, -0.05) is 49.4 Å². The summed E-state index contributed by atoms with van der Waals surface area (Å²) in [5.74, 6) is -0.115. The van der Waals surface area contributed by atoms with Gasteiger partial charge in [0, 0.05) is 11.7 Å². The molecule has 0 aliphatic heterocycles. The van der Waals surface area contributed by atoms with Crippen molar-refractivity contribution in [3.63, 3.8) is 0 Å². The lowest BCUT2D eigenvalue weighted by atomic mass is 9.95. The van der Waals surface area contributed by atoms with Crippen molar-refractivity contribution in [2.24, 2.45) is 5.73 Å². The highest BCUT2D eigenvalue weighted by molar-refractivity contribution is 5.95. The second-order valence-corrected chi connectivity index (χ2v) is 5.27. The standard InChI is InChI=1S/C18H22N2O/c1-3-17(14-8-5-4-6-9-14)18(21)20-16-11-7-10-15(12-16)13(2)19/h4-13,17H,3,19H2,1-2H3,(H,20,21). The summed E-state index contributed by atoms with van der Waals surface area (Å²) in [6.45, 7) is 3.95. The highest BCUT2D eigenvalue weighted by Gasteiger charge is 2.18. The number of rotatable bonds is 5. The molecule has 0 spiro atoms. The molecule has 21 heavy (non-hydrogen) atoms. The minimum atomic E-state index is -0.134. The molecule has 0 radical (unpaired) electrons. The van der Waals surface area contributed by atoms with E-state index < -0.39 is 0 Å². The number of nitrogens with two attached hydrogens (primary N) is 1. The molecule has 0 saturated heterocycles. The molecule has 2 aromatic rings. The van der Waals surface area contributed by atoms with Crippen LogP contribution < -0.4 is 11.1 Å². The van der Waals surface area contributed by atoms with Gasteiger partial charge in [-0.25, -0.2) is 0 Å². The highest BCUT2D eigenvalue weighted by atomic mass is 16.1. The second-order valence-electron chi connectivity index (χ2n) is 5.27. The van der Waals surface area contributed by atoms with E-state index in [1.165, 1.54) is 0 Å². The maximum absolute atomic E-state index is 12.5. The Labute approximate surface area is 126 Å². The van der Waals surface area contributed by atoms with Crippen LogP contribution >= 0.6 is 0 Å². The molecule has 0 bridgehead atoms. The zero-order chi connectivity index (χ0) is 15.2. The quantitative estimate of drug-likeness (QED) is 0.875. The van der Waals surface area contributed by atoms with E-state index in [2.05, 4.69) is 5.32 Å². The third kappa shape index (κ3) is 3.92. The first-order valence-corrected chi connectivity index (χ1v) is 7.33. The Morgan fingerprint density at radius 2 is 1.76 bits per heavy atom. The Hall–Kier alpha value is -2.13. The Kier molecular flexibility index (Phi) is 5.12. The first kappa shape index (κ1) is 15.3. The van der Waals surface area contributed by atoms with E-state index in [4.69, 9.17) is 5.73 Å². The monoisotopic (exact) mass is 282 g/mol. The van der Waals surface area contributed by atoms with Crippen LogP contribution in [0.15, 0.2) is 54.6 Å². The van der Waals surface area contributed by atoms with E-state index in [9.17, 15) is 4.79 Å². The van der Waals surface area contributed by atoms with Crippen LogP contribution in [-0.4, -0.2) is 5.91 Å². The van der Waals surface area contributed by atoms with Crippen molar-refractivity contribution in [3.8, 4) is 0 Å². The van der Waals surface area contributed by atoms with Gasteiger partial charge >= 0.3 is 0 Å². The first-order valence-electron chi connectivity index (χ1n) is 7.33. The summed E-state index contributed by atoms with van der Waals surface area (Å²) in [4.78, 5) is 12.5. The normalized spacial score (nSPS) is 13.5. The Balaban J connectivity index is 2.15. The Morgan fingerprint density at radius 1 is 1.10 bits per heavy atom. The molecule has 0 saturated carbocycles. The summed E-state index contributed by atoms with van der Waals surface area (Å²) in [5.41, 5.74) is 8.73. The molecule has 0 aliphatic rings. The van der Waals surface area contributed by atoms with Crippen LogP contribution in [0.5, 0.6) is 0 Å². The van der Waals surface area contributed by atoms with Crippen molar-refractivity contribution < 1.29 is 4.79 Å². The summed E-state index contributed by atoms with van der Waals surface area (Å²) in [6.07, 6.45) is 0.767. The molecule has 3 nitrogen and oxygen atoms in total. The average Bonchev–Trinajstić information content (AvgIpc) is 2.49. The fourth-order valence-electron chi connectivity index (χ4n) is 2.39. The van der Waals surface area contributed by atoms with Gasteiger partial charge in [0.25, 0.3) is 0 Å². The van der Waals surface area contributed by atoms with Gasteiger partial charge in [0.15, 0.2) is 0 Å². The molecule has 2 rings (SSSR count). The number of amides is 1. The molecule has 2 atom stereocenters. The smallest absolute Gasteiger partial charge is 0.231 e. The van der Waals surface area contributed by atoms with Crippen molar-refractivity contribution in [2.45, 2.75) is 32.2 Å². The van der Waals surface area contributed by atoms with Crippen LogP contribution in [0.3, 0.4) is 0 Å². The third-order valence-electron chi connectivity index (χ3n) is 3.61. The van der Waals surface area contributed by atoms with Gasteiger partial charge in [-0.3, -0.25) is 4.79 Å². The minimum Gasteiger partial charge on any atom is -0.326 e. The van der Waals surface area contributed by atoms with Crippen LogP contribution in [0.2, 0.25) is 0 Å². The molecule has 0 aromatic heterocycles. The predicted octanol–water partition coefficient (Wildman–Crippen LogP) is 3.84. The molecule has 3 N–H and O–H groups in total. The van der Waals surface area contributed by atoms with Crippen molar-refractivity contribution in [3.05, 3.63) is 65.7 Å². The number of nitrogens with one attached hydrogen (secondary N) is 1. The summed E-state index contributed by atoms with van der Waals surface area (Å²) in [6, 6.07) is 17.5. The van der Waals surface area contributed by atoms with Crippen LogP contribution in [0, 0.1) is 0 Å². The van der Waals surface area contributed by atoms with Gasteiger partial charge < -0.3 is 11.1 Å². The van der Waals surface area contributed by atoms with Crippen molar-refractivity contribution in [1.29, 1.82) is 0 Å². The van der Waals surface area contributed by atoms with E-state index >= 15 is 0 Å². The number of hydrogen-bond acceptors (Lipinski definition) is 2. The molecular weight excluding hydrogens is 260 g/mol. The number of anilines is 1. The maximum Gasteiger partial charge on any atom is 0.231 e. The van der Waals surface area contributed by atoms with Crippen LogP contribution in [0.4, 0.5) is 5.69 Å². The van der Waals surface area contributed by atoms with E-state index in [0.29, 0.717) is 0 Å². The van der Waals surface area contributed by atoms with E-state index in [1.807, 2.05) is 68.4 Å². The number of hydrogen-bond donors (Lipinski definition) is 2. The molecular formula is C18H22N2O. The molecule has 0 heterocycles. The summed E-state index contributed by atoms with van der Waals surface area (Å²) in [5, 5.41) is 2.99. The fraction of sp³-hybridized carbons (Fsp3) is 0.278. The molecule has 1 amide bonds. The molecule has 110 valence electrons. The van der Waals surface area contributed by atoms with Gasteiger partial charge in [0.1, 0.15) is 0 Å². The minimum absolute atomic E-state index is 0.0190. The Morgan fingerprint density at radius 3 is 2.38 bits per heavy atom. The SMILES string of the molecule is CCC(C(=O)Nc1cccc(C(C)N)c1)c1ccccc1. The van der Waals surface area contributed by atoms with E-state index in [-0.39, 0.29) is 17.9 Å². The lowest BCUT2D eigenvalue weighted by Gasteiger charge is -2.16. The maximum atomic E-state index is 12.5. The first-order chi connectivity index (χ1) is 10.1. The average molecular weight is 282 g/mol. The van der Waals surface area contributed by atoms with Crippen molar-refractivity contribution in [2.75, 3.05) is 5.32 Å². The van der Waals surface area contributed by atoms with Crippen LogP contribution in [0.1, 0.15) is 43.4 Å². The van der Waals surface area contributed by atoms with Gasteiger partial charge in [0.05, 0.1) is 5.92 Å². The molecule has 0 aliphatic carbocycles. The summed E-state index contributed by atoms with van der Waals surface area (Å²) >= 11 is 0. The summed E-state index contributed by atoms with van der Waals surface area (Å²) < 4.78 is 0. The second kappa shape index (κ2) is 7.04. The van der Waals surface area contributed by atoms with Crippen molar-refractivity contribution >= 4 is 11.6 Å². The van der Waals surface area contributed by atoms with Crippen molar-refractivity contribution in [1.82, 2.24) is 0 Å². The fourth-order valence-corrected chi connectivity index (χ4v) is 2.39. The molecule has 2 unspecified atom stereocenters. The van der Waals surface area contributed by atoms with E-state index in [0.717, 1.165) is 23.2 Å². The largest absolute Gasteiger partial charge is 0.326 e. The predicted molar refractivity (Wildman–Crippen MR) is 87.1 cm³/mol. The molecule has 2 aromatic carbocycles. The number of carbonyl (C=O) groups excluding carboxylic acids is 1. The van der Waals surface area contributed by atoms with Crippen LogP contribution in [0.25, 0.3) is 0 Å². The zero-order valence-corrected chi connectivity index (χ0v) is 12.5. The molecule has 0 fully saturated rings. The lowest BCUT2D eigenvalue weighted by Crippen LogP contribution is -2.20. The molecule has 3 heteroatoms. The summed E-state index contributed by atoms with van der Waals surface area (Å²) in [7, 11) is 0. The lowest BCUT2D eigenvalue weighted by molar-refractivity contribution is -0.117. The highest BCUT2D eigenvalue weighted by Crippen LogP contribution is 2.22. The van der Waals surface area contributed by atoms with Gasteiger partial charge in [-0.05, 0) is 36.6 Å². The van der Waals surface area contributed by atoms with Gasteiger partial charge in [-0.2, -0.15) is 0 Å². The number of carbonyl (C=O) groups is 1. The van der Waals surface area contributed by atoms with Gasteiger partial charge in [-0.15, -0.1) is 0 Å². The third-order valence-corrected chi connectivity index (χ3v) is 3.61. The number of benzene rings is 2. The topological polar surface area (TPSA) is 55.1 Å². The van der Waals surface area contributed by atoms with Crippen LogP contribution in [-0.2, 0) is 4.79 Å². The Bertz CT molecular complexity index is 593. The van der Waals surface area contributed by atoms with E-state index in [1.54, 1.807) is 0 Å². The van der Waals surface area contributed by atoms with Gasteiger partial charge in [0.2, 0.25) is 5.91 Å².